The van der Waals surface area contributed by atoms with Crippen molar-refractivity contribution in [2.75, 3.05) is 45.9 Å². The average Bonchev–Trinajstić information content (AvgIpc) is 3.10. The fourth-order valence-corrected chi connectivity index (χ4v) is 5.09. The number of aryl methyl sites for hydroxylation is 1. The highest BCUT2D eigenvalue weighted by Crippen LogP contribution is 2.46. The molecule has 4 rings (SSSR count). The number of aromatic nitrogens is 2. The van der Waals surface area contributed by atoms with Crippen molar-refractivity contribution < 1.29 is 18.7 Å². The van der Waals surface area contributed by atoms with Gasteiger partial charge in [0.15, 0.2) is 0 Å². The second kappa shape index (κ2) is 9.23. The van der Waals surface area contributed by atoms with Gasteiger partial charge in [-0.05, 0) is 64.4 Å². The molecule has 2 amide bonds. The summed E-state index contributed by atoms with van der Waals surface area (Å²) in [5.74, 6) is -0.223. The van der Waals surface area contributed by atoms with E-state index in [4.69, 9.17) is 9.47 Å². The first-order chi connectivity index (χ1) is 15.8. The number of halogens is 1. The lowest BCUT2D eigenvalue weighted by Gasteiger charge is -2.48. The molecule has 1 saturated heterocycles. The zero-order valence-corrected chi connectivity index (χ0v) is 19.7. The van der Waals surface area contributed by atoms with Gasteiger partial charge >= 0.3 is 12.0 Å². The van der Waals surface area contributed by atoms with Crippen LogP contribution in [0, 0.1) is 12.7 Å². The third kappa shape index (κ3) is 4.52. The summed E-state index contributed by atoms with van der Waals surface area (Å²) >= 11 is 0. The summed E-state index contributed by atoms with van der Waals surface area (Å²) in [5, 5.41) is 3.23. The highest BCUT2D eigenvalue weighted by Gasteiger charge is 2.50. The van der Waals surface area contributed by atoms with Crippen LogP contribution in [-0.2, 0) is 10.3 Å². The summed E-state index contributed by atoms with van der Waals surface area (Å²) in [7, 11) is 5.69. The minimum Gasteiger partial charge on any atom is -0.461 e. The predicted octanol–water partition coefficient (Wildman–Crippen LogP) is 3.25. The van der Waals surface area contributed by atoms with Gasteiger partial charge < -0.3 is 14.8 Å². The Labute approximate surface area is 194 Å². The van der Waals surface area contributed by atoms with E-state index in [0.29, 0.717) is 31.1 Å². The SMILES string of the molecule is COCCOc1ncc(N2CC3(CCC(c4cccc(F)c4)(N(C)C)CC3)NC2=O)c(C)n1. The van der Waals surface area contributed by atoms with E-state index in [-0.39, 0.29) is 28.9 Å². The van der Waals surface area contributed by atoms with Gasteiger partial charge in [-0.2, -0.15) is 4.98 Å². The van der Waals surface area contributed by atoms with Crippen molar-refractivity contribution in [1.29, 1.82) is 0 Å². The van der Waals surface area contributed by atoms with Crippen LogP contribution in [0.4, 0.5) is 14.9 Å². The highest BCUT2D eigenvalue weighted by molar-refractivity contribution is 5.95. The van der Waals surface area contributed by atoms with Gasteiger partial charge in [-0.25, -0.2) is 14.2 Å². The van der Waals surface area contributed by atoms with Crippen LogP contribution in [0.2, 0.25) is 0 Å². The Morgan fingerprint density at radius 1 is 1.21 bits per heavy atom. The number of hydrogen-bond donors (Lipinski definition) is 1. The Hall–Kier alpha value is -2.78. The van der Waals surface area contributed by atoms with Crippen molar-refractivity contribution in [2.45, 2.75) is 43.7 Å². The van der Waals surface area contributed by atoms with Crippen molar-refractivity contribution in [2.24, 2.45) is 0 Å². The molecule has 1 saturated carbocycles. The van der Waals surface area contributed by atoms with Crippen molar-refractivity contribution in [1.82, 2.24) is 20.2 Å². The number of benzene rings is 1. The van der Waals surface area contributed by atoms with Crippen LogP contribution >= 0.6 is 0 Å². The van der Waals surface area contributed by atoms with Gasteiger partial charge in [0.1, 0.15) is 12.4 Å². The lowest BCUT2D eigenvalue weighted by Crippen LogP contribution is -2.54. The first-order valence-corrected chi connectivity index (χ1v) is 11.3. The molecule has 2 aliphatic rings. The van der Waals surface area contributed by atoms with Gasteiger partial charge in [-0.3, -0.25) is 9.80 Å². The highest BCUT2D eigenvalue weighted by atomic mass is 19.1. The molecule has 1 aliphatic heterocycles. The molecule has 0 bridgehead atoms. The minimum absolute atomic E-state index is 0.141. The molecule has 0 unspecified atom stereocenters. The Morgan fingerprint density at radius 2 is 1.97 bits per heavy atom. The Bertz CT molecular complexity index is 1010. The van der Waals surface area contributed by atoms with E-state index in [2.05, 4.69) is 20.2 Å². The molecular formula is C24H32FN5O3. The first-order valence-electron chi connectivity index (χ1n) is 11.3. The van der Waals surface area contributed by atoms with Crippen molar-refractivity contribution >= 4 is 11.7 Å². The molecule has 1 spiro atoms. The van der Waals surface area contributed by atoms with E-state index in [9.17, 15) is 9.18 Å². The van der Waals surface area contributed by atoms with Crippen LogP contribution in [0.15, 0.2) is 30.5 Å². The summed E-state index contributed by atoms with van der Waals surface area (Å²) in [4.78, 5) is 25.5. The van der Waals surface area contributed by atoms with E-state index in [1.807, 2.05) is 27.1 Å². The molecular weight excluding hydrogens is 425 g/mol. The maximum Gasteiger partial charge on any atom is 0.322 e. The van der Waals surface area contributed by atoms with Crippen LogP contribution in [0.25, 0.3) is 0 Å². The number of nitrogens with zero attached hydrogens (tertiary/aromatic N) is 4. The lowest BCUT2D eigenvalue weighted by molar-refractivity contribution is 0.0655. The number of ether oxygens (including phenoxy) is 2. The monoisotopic (exact) mass is 457 g/mol. The topological polar surface area (TPSA) is 79.8 Å². The van der Waals surface area contributed by atoms with Gasteiger partial charge in [0.25, 0.3) is 0 Å². The molecule has 1 aromatic heterocycles. The average molecular weight is 458 g/mol. The Kier molecular flexibility index (Phi) is 6.54. The first kappa shape index (κ1) is 23.4. The largest absolute Gasteiger partial charge is 0.461 e. The number of nitrogens with one attached hydrogen (secondary N) is 1. The Morgan fingerprint density at radius 3 is 2.61 bits per heavy atom. The second-order valence-corrected chi connectivity index (χ2v) is 9.20. The van der Waals surface area contributed by atoms with Crippen LogP contribution in [0.1, 0.15) is 36.9 Å². The fraction of sp³-hybridized carbons (Fsp3) is 0.542. The summed E-state index contributed by atoms with van der Waals surface area (Å²) in [6.45, 7) is 3.21. The molecule has 0 atom stereocenters. The third-order valence-electron chi connectivity index (χ3n) is 7.07. The number of amides is 2. The molecule has 9 heteroatoms. The summed E-state index contributed by atoms with van der Waals surface area (Å²) in [5.41, 5.74) is 1.76. The summed E-state index contributed by atoms with van der Waals surface area (Å²) < 4.78 is 24.4. The Balaban J connectivity index is 1.49. The lowest BCUT2D eigenvalue weighted by atomic mass is 9.69. The van der Waals surface area contributed by atoms with Crippen LogP contribution in [0.3, 0.4) is 0 Å². The normalized spacial score (nSPS) is 25.0. The van der Waals surface area contributed by atoms with Crippen molar-refractivity contribution in [3.63, 3.8) is 0 Å². The molecule has 1 N–H and O–H groups in total. The van der Waals surface area contributed by atoms with Gasteiger partial charge in [0.05, 0.1) is 36.3 Å². The van der Waals surface area contributed by atoms with Crippen LogP contribution < -0.4 is 15.0 Å². The summed E-state index contributed by atoms with van der Waals surface area (Å²) in [6.07, 6.45) is 4.87. The van der Waals surface area contributed by atoms with E-state index in [0.717, 1.165) is 31.2 Å². The minimum atomic E-state index is -0.329. The third-order valence-corrected chi connectivity index (χ3v) is 7.07. The zero-order chi connectivity index (χ0) is 23.6. The number of methoxy groups -OCH3 is 1. The molecule has 2 aromatic rings. The van der Waals surface area contributed by atoms with E-state index in [1.165, 1.54) is 6.07 Å². The van der Waals surface area contributed by atoms with E-state index < -0.39 is 0 Å². The molecule has 1 aliphatic carbocycles. The smallest absolute Gasteiger partial charge is 0.322 e. The number of carbonyl (C=O) groups excluding carboxylic acids is 1. The van der Waals surface area contributed by atoms with Gasteiger partial charge in [-0.1, -0.05) is 12.1 Å². The predicted molar refractivity (Wildman–Crippen MR) is 123 cm³/mol. The quantitative estimate of drug-likeness (QED) is 0.643. The number of rotatable bonds is 7. The van der Waals surface area contributed by atoms with Gasteiger partial charge in [0, 0.05) is 12.6 Å². The standard InChI is InChI=1S/C24H32FN5O3/c1-17-20(15-26-21(27-17)33-13-12-32-4)30-16-23(28-22(30)31)8-10-24(11-9-23,29(2)3)18-6-5-7-19(25)14-18/h5-7,14-15H,8-13,16H2,1-4H3,(H,28,31). The molecule has 8 nitrogen and oxygen atoms in total. The van der Waals surface area contributed by atoms with Crippen LogP contribution in [-0.4, -0.2) is 67.4 Å². The fourth-order valence-electron chi connectivity index (χ4n) is 5.09. The zero-order valence-electron chi connectivity index (χ0n) is 19.7. The number of urea groups is 1. The second-order valence-electron chi connectivity index (χ2n) is 9.20. The van der Waals surface area contributed by atoms with Crippen molar-refractivity contribution in [3.8, 4) is 6.01 Å². The molecule has 178 valence electrons. The maximum absolute atomic E-state index is 14.0. The summed E-state index contributed by atoms with van der Waals surface area (Å²) in [6, 6.07) is 7.01. The van der Waals surface area contributed by atoms with Crippen molar-refractivity contribution in [3.05, 3.63) is 47.5 Å². The number of carbonyl (C=O) groups is 1. The molecule has 1 aromatic carbocycles. The molecule has 0 radical (unpaired) electrons. The van der Waals surface area contributed by atoms with E-state index in [1.54, 1.807) is 30.3 Å². The van der Waals surface area contributed by atoms with Crippen LogP contribution in [0.5, 0.6) is 6.01 Å². The molecule has 33 heavy (non-hydrogen) atoms. The van der Waals surface area contributed by atoms with E-state index >= 15 is 0 Å². The molecule has 2 fully saturated rings. The maximum atomic E-state index is 14.0. The molecule has 2 heterocycles. The number of hydrogen-bond acceptors (Lipinski definition) is 6. The van der Waals surface area contributed by atoms with Gasteiger partial charge in [-0.15, -0.1) is 0 Å². The van der Waals surface area contributed by atoms with Gasteiger partial charge in [0.2, 0.25) is 0 Å². The number of anilines is 1.